The zero-order chi connectivity index (χ0) is 22.1. The Morgan fingerprint density at radius 3 is 2.45 bits per heavy atom. The van der Waals surface area contributed by atoms with E-state index in [9.17, 15) is 0 Å². The van der Waals surface area contributed by atoms with Crippen LogP contribution in [0, 0.1) is 13.8 Å². The third kappa shape index (κ3) is 4.04. The molecule has 31 heavy (non-hydrogen) atoms. The average Bonchev–Trinajstić information content (AvgIpc) is 3.24. The molecule has 0 amide bonds. The summed E-state index contributed by atoms with van der Waals surface area (Å²) in [5, 5.41) is 4.25. The normalized spacial score (nSPS) is 18.5. The van der Waals surface area contributed by atoms with Gasteiger partial charge in [0.05, 0.1) is 23.9 Å². The molecule has 162 valence electrons. The third-order valence-electron chi connectivity index (χ3n) is 5.83. The van der Waals surface area contributed by atoms with Gasteiger partial charge in [-0.3, -0.25) is 4.98 Å². The van der Waals surface area contributed by atoms with E-state index in [0.29, 0.717) is 5.11 Å². The lowest BCUT2D eigenvalue weighted by molar-refractivity contribution is 0.242. The number of aryl methyl sites for hydroxylation is 1. The minimum atomic E-state index is -0.0360. The Hall–Kier alpha value is -2.86. The monoisotopic (exact) mass is 434 g/mol. The lowest BCUT2D eigenvalue weighted by Crippen LogP contribution is -2.29. The van der Waals surface area contributed by atoms with Crippen LogP contribution in [0.5, 0.6) is 5.75 Å². The molecule has 3 heterocycles. The van der Waals surface area contributed by atoms with Crippen LogP contribution in [0.2, 0.25) is 0 Å². The summed E-state index contributed by atoms with van der Waals surface area (Å²) in [6.45, 7) is 11.6. The molecule has 0 unspecified atom stereocenters. The van der Waals surface area contributed by atoms with Gasteiger partial charge in [0.2, 0.25) is 0 Å². The first-order valence-corrected chi connectivity index (χ1v) is 11.3. The van der Waals surface area contributed by atoms with Crippen molar-refractivity contribution in [2.24, 2.45) is 0 Å². The molecule has 1 aliphatic rings. The fourth-order valence-electron chi connectivity index (χ4n) is 4.52. The molecule has 1 saturated heterocycles. The van der Waals surface area contributed by atoms with Gasteiger partial charge in [-0.25, -0.2) is 0 Å². The Kier molecular flexibility index (Phi) is 6.01. The Labute approximate surface area is 190 Å². The van der Waals surface area contributed by atoms with E-state index in [2.05, 4.69) is 64.8 Å². The van der Waals surface area contributed by atoms with Crippen LogP contribution in [0.15, 0.2) is 54.7 Å². The van der Waals surface area contributed by atoms with Crippen molar-refractivity contribution in [3.63, 3.8) is 0 Å². The summed E-state index contributed by atoms with van der Waals surface area (Å²) >= 11 is 5.84. The summed E-state index contributed by atoms with van der Waals surface area (Å²) < 4.78 is 8.18. The number of benzene rings is 1. The van der Waals surface area contributed by atoms with Gasteiger partial charge in [-0.15, -0.1) is 0 Å². The first kappa shape index (κ1) is 21.4. The molecule has 0 bridgehead atoms. The highest BCUT2D eigenvalue weighted by atomic mass is 32.1. The molecule has 1 aromatic carbocycles. The number of thiocarbonyl (C=S) groups is 1. The van der Waals surface area contributed by atoms with Gasteiger partial charge in [0.25, 0.3) is 0 Å². The molecule has 4 rings (SSSR count). The van der Waals surface area contributed by atoms with Crippen LogP contribution >= 0.6 is 12.2 Å². The van der Waals surface area contributed by atoms with Crippen LogP contribution in [-0.2, 0) is 6.54 Å². The van der Waals surface area contributed by atoms with Crippen LogP contribution in [-0.4, -0.2) is 20.8 Å². The predicted octanol–water partition coefficient (Wildman–Crippen LogP) is 5.48. The van der Waals surface area contributed by atoms with Crippen molar-refractivity contribution in [3.05, 3.63) is 77.4 Å². The van der Waals surface area contributed by atoms with Crippen molar-refractivity contribution in [2.45, 2.75) is 59.4 Å². The average molecular weight is 435 g/mol. The standard InChI is InChI=1S/C25H30N4OS/c1-6-28-17(4)15-21(18(28)5)24-23(22-9-7-8-14-26-22)27-25(31)29(24)19-10-12-20(13-11-19)30-16(2)3/h7-16,23-24H,6H2,1-5H3,(H,27,31)/t23-,24+/m0/s1. The first-order chi connectivity index (χ1) is 14.9. The van der Waals surface area contributed by atoms with Gasteiger partial charge < -0.3 is 19.5 Å². The Balaban J connectivity index is 1.80. The van der Waals surface area contributed by atoms with Gasteiger partial charge in [-0.1, -0.05) is 6.07 Å². The maximum absolute atomic E-state index is 5.84. The van der Waals surface area contributed by atoms with E-state index >= 15 is 0 Å². The quantitative estimate of drug-likeness (QED) is 0.520. The zero-order valence-electron chi connectivity index (χ0n) is 18.8. The zero-order valence-corrected chi connectivity index (χ0v) is 19.6. The van der Waals surface area contributed by atoms with Crippen molar-refractivity contribution >= 4 is 23.0 Å². The molecule has 2 aromatic heterocycles. The summed E-state index contributed by atoms with van der Waals surface area (Å²) in [6, 6.07) is 16.5. The van der Waals surface area contributed by atoms with E-state index in [1.54, 1.807) is 0 Å². The van der Waals surface area contributed by atoms with Crippen LogP contribution in [0.25, 0.3) is 0 Å². The summed E-state index contributed by atoms with van der Waals surface area (Å²) in [6.07, 6.45) is 1.98. The maximum atomic E-state index is 5.84. The number of nitrogens with one attached hydrogen (secondary N) is 1. The van der Waals surface area contributed by atoms with Gasteiger partial charge in [0.1, 0.15) is 5.75 Å². The highest BCUT2D eigenvalue weighted by Crippen LogP contribution is 2.43. The molecular formula is C25H30N4OS. The molecular weight excluding hydrogens is 404 g/mol. The topological polar surface area (TPSA) is 42.3 Å². The summed E-state index contributed by atoms with van der Waals surface area (Å²) in [5.74, 6) is 0.860. The molecule has 2 atom stereocenters. The molecule has 1 N–H and O–H groups in total. The third-order valence-corrected chi connectivity index (χ3v) is 6.15. The number of hydrogen-bond donors (Lipinski definition) is 1. The number of ether oxygens (including phenoxy) is 1. The van der Waals surface area contributed by atoms with Crippen LogP contribution < -0.4 is 15.0 Å². The van der Waals surface area contributed by atoms with Gasteiger partial charge in [-0.2, -0.15) is 0 Å². The molecule has 6 heteroatoms. The second-order valence-electron chi connectivity index (χ2n) is 8.23. The van der Waals surface area contributed by atoms with Gasteiger partial charge in [0.15, 0.2) is 5.11 Å². The van der Waals surface area contributed by atoms with E-state index in [-0.39, 0.29) is 18.2 Å². The van der Waals surface area contributed by atoms with Crippen molar-refractivity contribution in [3.8, 4) is 5.75 Å². The molecule has 1 fully saturated rings. The van der Waals surface area contributed by atoms with Crippen LogP contribution in [0.4, 0.5) is 5.69 Å². The molecule has 0 spiro atoms. The number of aromatic nitrogens is 2. The maximum Gasteiger partial charge on any atom is 0.174 e. The molecule has 1 aliphatic heterocycles. The van der Waals surface area contributed by atoms with Crippen molar-refractivity contribution in [2.75, 3.05) is 4.90 Å². The molecule has 5 nitrogen and oxygen atoms in total. The molecule has 0 aliphatic carbocycles. The van der Waals surface area contributed by atoms with Crippen LogP contribution in [0.3, 0.4) is 0 Å². The summed E-state index contributed by atoms with van der Waals surface area (Å²) in [5.41, 5.74) is 5.82. The van der Waals surface area contributed by atoms with Gasteiger partial charge in [-0.05, 0) is 94.9 Å². The number of anilines is 1. The Morgan fingerprint density at radius 2 is 1.87 bits per heavy atom. The van der Waals surface area contributed by atoms with Crippen molar-refractivity contribution in [1.82, 2.24) is 14.9 Å². The second-order valence-corrected chi connectivity index (χ2v) is 8.61. The minimum absolute atomic E-state index is 0.00534. The van der Waals surface area contributed by atoms with Crippen molar-refractivity contribution in [1.29, 1.82) is 0 Å². The molecule has 3 aromatic rings. The number of pyridine rings is 1. The highest BCUT2D eigenvalue weighted by Gasteiger charge is 2.42. The fraction of sp³-hybridized carbons (Fsp3) is 0.360. The van der Waals surface area contributed by atoms with Crippen molar-refractivity contribution < 1.29 is 4.74 Å². The summed E-state index contributed by atoms with van der Waals surface area (Å²) in [7, 11) is 0. The SMILES string of the molecule is CCn1c(C)cc([C@@H]2[C@H](c3ccccn3)NC(=S)N2c2ccc(OC(C)C)cc2)c1C. The fourth-order valence-corrected chi connectivity index (χ4v) is 4.87. The second kappa shape index (κ2) is 8.71. The number of hydrogen-bond acceptors (Lipinski definition) is 3. The minimum Gasteiger partial charge on any atom is -0.491 e. The molecule has 0 radical (unpaired) electrons. The Morgan fingerprint density at radius 1 is 1.13 bits per heavy atom. The van der Waals surface area contributed by atoms with E-state index in [1.807, 2.05) is 44.3 Å². The number of rotatable bonds is 6. The predicted molar refractivity (Wildman–Crippen MR) is 130 cm³/mol. The van der Waals surface area contributed by atoms with Crippen LogP contribution in [0.1, 0.15) is 55.5 Å². The highest BCUT2D eigenvalue weighted by molar-refractivity contribution is 7.80. The van der Waals surface area contributed by atoms with E-state index in [0.717, 1.165) is 23.7 Å². The number of nitrogens with zero attached hydrogens (tertiary/aromatic N) is 3. The molecule has 0 saturated carbocycles. The lowest BCUT2D eigenvalue weighted by atomic mass is 9.96. The lowest BCUT2D eigenvalue weighted by Gasteiger charge is -2.28. The van der Waals surface area contributed by atoms with E-state index in [4.69, 9.17) is 17.0 Å². The van der Waals surface area contributed by atoms with E-state index < -0.39 is 0 Å². The Bertz CT molecular complexity index is 1060. The van der Waals surface area contributed by atoms with Gasteiger partial charge >= 0.3 is 0 Å². The van der Waals surface area contributed by atoms with E-state index in [1.165, 1.54) is 17.0 Å². The summed E-state index contributed by atoms with van der Waals surface area (Å²) in [4.78, 5) is 6.87. The van der Waals surface area contributed by atoms with Gasteiger partial charge in [0, 0.05) is 29.8 Å². The largest absolute Gasteiger partial charge is 0.491 e. The first-order valence-electron chi connectivity index (χ1n) is 10.8. The smallest absolute Gasteiger partial charge is 0.174 e.